The zero-order valence-corrected chi connectivity index (χ0v) is 10.3. The first-order chi connectivity index (χ1) is 7.70. The number of halogens is 1. The first-order valence-corrected chi connectivity index (χ1v) is 5.50. The highest BCUT2D eigenvalue weighted by molar-refractivity contribution is 9.10. The topological polar surface area (TPSA) is 61.3 Å². The van der Waals surface area contributed by atoms with Crippen molar-refractivity contribution in [3.63, 3.8) is 0 Å². The molecule has 16 heavy (non-hydrogen) atoms. The molecule has 0 radical (unpaired) electrons. The third kappa shape index (κ3) is 2.25. The van der Waals surface area contributed by atoms with Crippen LogP contribution in [0.15, 0.2) is 33.3 Å². The van der Waals surface area contributed by atoms with Crippen molar-refractivity contribution in [1.82, 2.24) is 5.16 Å². The van der Waals surface area contributed by atoms with Crippen LogP contribution in [0.2, 0.25) is 0 Å². The second-order valence-corrected chi connectivity index (χ2v) is 4.27. The largest absolute Gasteiger partial charge is 0.381 e. The highest BCUT2D eigenvalue weighted by Crippen LogP contribution is 2.28. The fraction of sp³-hybridized carbons (Fsp3) is 0.182. The van der Waals surface area contributed by atoms with Crippen molar-refractivity contribution in [2.45, 2.75) is 6.61 Å². The standard InChI is InChI=1S/C11H11BrN2O2/c1-15-6-7-4-8(12)2-3-9(7)10-5-11(13)14-16-10/h2-5H,6H2,1H3,(H2,13,14). The van der Waals surface area contributed by atoms with Crippen molar-refractivity contribution in [2.24, 2.45) is 0 Å². The Labute approximate surface area is 102 Å². The van der Waals surface area contributed by atoms with E-state index >= 15 is 0 Å². The quantitative estimate of drug-likeness (QED) is 0.940. The summed E-state index contributed by atoms with van der Waals surface area (Å²) < 4.78 is 11.3. The predicted octanol–water partition coefficient (Wildman–Crippen LogP) is 2.83. The molecular weight excluding hydrogens is 272 g/mol. The maximum Gasteiger partial charge on any atom is 0.169 e. The van der Waals surface area contributed by atoms with Gasteiger partial charge in [-0.1, -0.05) is 21.1 Å². The van der Waals surface area contributed by atoms with Crippen molar-refractivity contribution in [3.8, 4) is 11.3 Å². The molecule has 0 spiro atoms. The SMILES string of the molecule is COCc1cc(Br)ccc1-c1cc(N)no1. The Kier molecular flexibility index (Phi) is 3.26. The van der Waals surface area contributed by atoms with Crippen molar-refractivity contribution in [3.05, 3.63) is 34.3 Å². The van der Waals surface area contributed by atoms with Crippen molar-refractivity contribution in [2.75, 3.05) is 12.8 Å². The maximum atomic E-state index is 5.52. The van der Waals surface area contributed by atoms with E-state index in [2.05, 4.69) is 21.1 Å². The van der Waals surface area contributed by atoms with Crippen molar-refractivity contribution >= 4 is 21.7 Å². The summed E-state index contributed by atoms with van der Waals surface area (Å²) in [7, 11) is 1.65. The third-order valence-electron chi connectivity index (χ3n) is 2.16. The van der Waals surface area contributed by atoms with Gasteiger partial charge in [0.25, 0.3) is 0 Å². The number of nitrogens with two attached hydrogens (primary N) is 1. The first kappa shape index (κ1) is 11.2. The maximum absolute atomic E-state index is 5.52. The molecule has 4 nitrogen and oxygen atoms in total. The minimum Gasteiger partial charge on any atom is -0.381 e. The molecule has 2 aromatic rings. The van der Waals surface area contributed by atoms with Crippen LogP contribution >= 0.6 is 15.9 Å². The fourth-order valence-corrected chi connectivity index (χ4v) is 1.90. The molecule has 0 aliphatic rings. The lowest BCUT2D eigenvalue weighted by molar-refractivity contribution is 0.185. The summed E-state index contributed by atoms with van der Waals surface area (Å²) in [5.74, 6) is 1.03. The predicted molar refractivity (Wildman–Crippen MR) is 64.8 cm³/mol. The first-order valence-electron chi connectivity index (χ1n) is 4.70. The number of aromatic nitrogens is 1. The molecule has 1 aromatic heterocycles. The Morgan fingerprint density at radius 1 is 1.44 bits per heavy atom. The van der Waals surface area contributed by atoms with Gasteiger partial charge in [0.15, 0.2) is 11.6 Å². The summed E-state index contributed by atoms with van der Waals surface area (Å²) in [5.41, 5.74) is 7.48. The van der Waals surface area contributed by atoms with Gasteiger partial charge >= 0.3 is 0 Å². The molecule has 0 atom stereocenters. The van der Waals surface area contributed by atoms with Gasteiger partial charge in [-0.15, -0.1) is 0 Å². The van der Waals surface area contributed by atoms with Crippen molar-refractivity contribution < 1.29 is 9.26 Å². The number of nitrogen functional groups attached to an aromatic ring is 1. The molecule has 0 fully saturated rings. The van der Waals surface area contributed by atoms with Crippen LogP contribution in [0.3, 0.4) is 0 Å². The summed E-state index contributed by atoms with van der Waals surface area (Å²) in [6, 6.07) is 7.56. The number of rotatable bonds is 3. The molecule has 0 aliphatic carbocycles. The molecule has 5 heteroatoms. The van der Waals surface area contributed by atoms with E-state index in [-0.39, 0.29) is 0 Å². The minimum absolute atomic E-state index is 0.376. The summed E-state index contributed by atoms with van der Waals surface area (Å²) in [4.78, 5) is 0. The molecule has 0 aliphatic heterocycles. The van der Waals surface area contributed by atoms with E-state index in [1.165, 1.54) is 0 Å². The number of hydrogen-bond acceptors (Lipinski definition) is 4. The Bertz CT molecular complexity index is 496. The van der Waals surface area contributed by atoms with E-state index in [0.717, 1.165) is 15.6 Å². The molecular formula is C11H11BrN2O2. The van der Waals surface area contributed by atoms with Crippen LogP contribution in [0.1, 0.15) is 5.56 Å². The molecule has 0 unspecified atom stereocenters. The molecule has 2 rings (SSSR count). The molecule has 2 N–H and O–H groups in total. The van der Waals surface area contributed by atoms with Crippen LogP contribution in [0.25, 0.3) is 11.3 Å². The molecule has 84 valence electrons. The summed E-state index contributed by atoms with van der Waals surface area (Å²) in [6.45, 7) is 0.509. The van der Waals surface area contributed by atoms with Gasteiger partial charge in [0.05, 0.1) is 6.61 Å². The van der Waals surface area contributed by atoms with Crippen LogP contribution in [-0.4, -0.2) is 12.3 Å². The average Bonchev–Trinajstić information content (AvgIpc) is 2.65. The Hall–Kier alpha value is -1.33. The Balaban J connectivity index is 2.47. The third-order valence-corrected chi connectivity index (χ3v) is 2.65. The molecule has 0 saturated heterocycles. The van der Waals surface area contributed by atoms with Gasteiger partial charge in [-0.25, -0.2) is 0 Å². The van der Waals surface area contributed by atoms with Crippen molar-refractivity contribution in [1.29, 1.82) is 0 Å². The molecule has 1 aromatic carbocycles. The molecule has 0 saturated carbocycles. The van der Waals surface area contributed by atoms with Crippen LogP contribution in [0.5, 0.6) is 0 Å². The molecule has 0 amide bonds. The monoisotopic (exact) mass is 282 g/mol. The lowest BCUT2D eigenvalue weighted by Crippen LogP contribution is -1.91. The van der Waals surface area contributed by atoms with Gasteiger partial charge in [0.1, 0.15) is 0 Å². The second kappa shape index (κ2) is 4.67. The highest BCUT2D eigenvalue weighted by Gasteiger charge is 2.10. The highest BCUT2D eigenvalue weighted by atomic mass is 79.9. The average molecular weight is 283 g/mol. The van der Waals surface area contributed by atoms with E-state index < -0.39 is 0 Å². The normalized spacial score (nSPS) is 10.6. The number of benzene rings is 1. The van der Waals surface area contributed by atoms with Gasteiger partial charge in [-0.05, 0) is 23.8 Å². The van der Waals surface area contributed by atoms with Crippen LogP contribution in [-0.2, 0) is 11.3 Å². The Morgan fingerprint density at radius 2 is 2.25 bits per heavy atom. The zero-order valence-electron chi connectivity index (χ0n) is 8.74. The van der Waals surface area contributed by atoms with Gasteiger partial charge < -0.3 is 15.0 Å². The second-order valence-electron chi connectivity index (χ2n) is 3.35. The van der Waals surface area contributed by atoms with Gasteiger partial charge in [0, 0.05) is 23.2 Å². The van der Waals surface area contributed by atoms with Gasteiger partial charge in [0.2, 0.25) is 0 Å². The number of hydrogen-bond donors (Lipinski definition) is 1. The van der Waals surface area contributed by atoms with Crippen LogP contribution in [0, 0.1) is 0 Å². The van der Waals surface area contributed by atoms with E-state index in [1.807, 2.05) is 18.2 Å². The smallest absolute Gasteiger partial charge is 0.169 e. The van der Waals surface area contributed by atoms with E-state index in [9.17, 15) is 0 Å². The molecule has 0 bridgehead atoms. The number of nitrogens with zero attached hydrogens (tertiary/aromatic N) is 1. The lowest BCUT2D eigenvalue weighted by atomic mass is 10.1. The number of anilines is 1. The van der Waals surface area contributed by atoms with Crippen LogP contribution in [0.4, 0.5) is 5.82 Å². The Morgan fingerprint density at radius 3 is 2.88 bits per heavy atom. The number of ether oxygens (including phenoxy) is 1. The summed E-state index contributed by atoms with van der Waals surface area (Å²) in [6.07, 6.45) is 0. The number of methoxy groups -OCH3 is 1. The minimum atomic E-state index is 0.376. The van der Waals surface area contributed by atoms with E-state index in [0.29, 0.717) is 18.2 Å². The summed E-state index contributed by atoms with van der Waals surface area (Å²) in [5, 5.41) is 3.67. The lowest BCUT2D eigenvalue weighted by Gasteiger charge is -2.06. The van der Waals surface area contributed by atoms with Gasteiger partial charge in [-0.2, -0.15) is 0 Å². The van der Waals surface area contributed by atoms with E-state index in [1.54, 1.807) is 13.2 Å². The molecule has 1 heterocycles. The van der Waals surface area contributed by atoms with Gasteiger partial charge in [-0.3, -0.25) is 0 Å². The zero-order chi connectivity index (χ0) is 11.5. The van der Waals surface area contributed by atoms with Crippen LogP contribution < -0.4 is 5.73 Å². The van der Waals surface area contributed by atoms with E-state index in [4.69, 9.17) is 15.0 Å². The summed E-state index contributed by atoms with van der Waals surface area (Å²) >= 11 is 3.42. The fourth-order valence-electron chi connectivity index (χ4n) is 1.49.